The molecular formula is C27H37N3O3. The van der Waals surface area contributed by atoms with E-state index in [-0.39, 0.29) is 23.3 Å². The molecule has 2 amide bonds. The van der Waals surface area contributed by atoms with Crippen molar-refractivity contribution < 1.29 is 14.0 Å². The number of rotatable bonds is 6. The molecule has 6 nitrogen and oxygen atoms in total. The fourth-order valence-corrected chi connectivity index (χ4v) is 5.14. The zero-order valence-electron chi connectivity index (χ0n) is 20.2. The Kier molecular flexibility index (Phi) is 7.23. The van der Waals surface area contributed by atoms with E-state index in [1.54, 1.807) is 6.26 Å². The van der Waals surface area contributed by atoms with Crippen molar-refractivity contribution in [2.45, 2.75) is 64.5 Å². The molecule has 0 bridgehead atoms. The minimum Gasteiger partial charge on any atom is -0.467 e. The Hall–Kier alpha value is -2.60. The van der Waals surface area contributed by atoms with E-state index in [1.165, 1.54) is 18.4 Å². The molecular weight excluding hydrogens is 414 g/mol. The summed E-state index contributed by atoms with van der Waals surface area (Å²) in [5, 5.41) is 3.08. The zero-order chi connectivity index (χ0) is 23.4. The molecule has 2 aromatic rings. The van der Waals surface area contributed by atoms with Crippen molar-refractivity contribution in [2.24, 2.45) is 5.92 Å². The van der Waals surface area contributed by atoms with E-state index < -0.39 is 0 Å². The van der Waals surface area contributed by atoms with Gasteiger partial charge in [-0.15, -0.1) is 0 Å². The number of benzene rings is 1. The second-order valence-corrected chi connectivity index (χ2v) is 10.4. The van der Waals surface area contributed by atoms with Crippen LogP contribution in [0.3, 0.4) is 0 Å². The molecule has 6 heteroatoms. The van der Waals surface area contributed by atoms with Gasteiger partial charge in [-0.1, -0.05) is 45.7 Å². The van der Waals surface area contributed by atoms with Crippen LogP contribution in [0.5, 0.6) is 0 Å². The second-order valence-electron chi connectivity index (χ2n) is 10.4. The third-order valence-electron chi connectivity index (χ3n) is 7.12. The molecule has 2 heterocycles. The number of carbonyl (C=O) groups is 2. The molecule has 1 aliphatic carbocycles. The van der Waals surface area contributed by atoms with E-state index in [9.17, 15) is 9.59 Å². The lowest BCUT2D eigenvalue weighted by molar-refractivity contribution is -0.129. The van der Waals surface area contributed by atoms with Crippen LogP contribution in [-0.2, 0) is 16.8 Å². The molecule has 0 spiro atoms. The van der Waals surface area contributed by atoms with E-state index in [4.69, 9.17) is 4.42 Å². The lowest BCUT2D eigenvalue weighted by Crippen LogP contribution is -2.57. The molecule has 1 aliphatic heterocycles. The highest BCUT2D eigenvalue weighted by Gasteiger charge is 2.37. The summed E-state index contributed by atoms with van der Waals surface area (Å²) in [6, 6.07) is 11.6. The Morgan fingerprint density at radius 1 is 1.03 bits per heavy atom. The molecule has 4 rings (SSSR count). The maximum atomic E-state index is 13.2. The first kappa shape index (κ1) is 23.6. The first-order valence-corrected chi connectivity index (χ1v) is 12.3. The molecule has 1 aromatic carbocycles. The van der Waals surface area contributed by atoms with Gasteiger partial charge in [-0.2, -0.15) is 0 Å². The van der Waals surface area contributed by atoms with E-state index in [0.717, 1.165) is 37.3 Å². The fourth-order valence-electron chi connectivity index (χ4n) is 5.14. The predicted octanol–water partition coefficient (Wildman–Crippen LogP) is 4.21. The SMILES string of the molecule is CC(C)(C)c1ccc(C(=O)N2CCN([C@@H](C(=O)NCc3ccco3)C3CCCC3)CC2)cc1. The fraction of sp³-hybridized carbons (Fsp3) is 0.556. The largest absolute Gasteiger partial charge is 0.467 e. The van der Waals surface area contributed by atoms with E-state index in [1.807, 2.05) is 29.2 Å². The number of piperazine rings is 1. The smallest absolute Gasteiger partial charge is 0.253 e. The summed E-state index contributed by atoms with van der Waals surface area (Å²) in [5.74, 6) is 1.31. The summed E-state index contributed by atoms with van der Waals surface area (Å²) in [4.78, 5) is 30.5. The van der Waals surface area contributed by atoms with Crippen LogP contribution in [0, 0.1) is 5.92 Å². The molecule has 1 aromatic heterocycles. The lowest BCUT2D eigenvalue weighted by atomic mass is 9.86. The summed E-state index contributed by atoms with van der Waals surface area (Å²) in [6.45, 7) is 9.68. The van der Waals surface area contributed by atoms with Gasteiger partial charge in [-0.05, 0) is 54.0 Å². The first-order valence-electron chi connectivity index (χ1n) is 12.3. The quantitative estimate of drug-likeness (QED) is 0.715. The molecule has 33 heavy (non-hydrogen) atoms. The predicted molar refractivity (Wildman–Crippen MR) is 129 cm³/mol. The summed E-state index contributed by atoms with van der Waals surface area (Å²) in [5.41, 5.74) is 2.03. The van der Waals surface area contributed by atoms with Crippen LogP contribution in [0.2, 0.25) is 0 Å². The Bertz CT molecular complexity index is 917. The molecule has 0 unspecified atom stereocenters. The topological polar surface area (TPSA) is 65.8 Å². The summed E-state index contributed by atoms with van der Waals surface area (Å²) >= 11 is 0. The van der Waals surface area contributed by atoms with Gasteiger partial charge < -0.3 is 14.6 Å². The van der Waals surface area contributed by atoms with Gasteiger partial charge in [-0.25, -0.2) is 0 Å². The minimum absolute atomic E-state index is 0.0694. The summed E-state index contributed by atoms with van der Waals surface area (Å²) < 4.78 is 5.37. The van der Waals surface area contributed by atoms with Crippen LogP contribution >= 0.6 is 0 Å². The number of nitrogens with zero attached hydrogens (tertiary/aromatic N) is 2. The number of hydrogen-bond acceptors (Lipinski definition) is 4. The van der Waals surface area contributed by atoms with Crippen molar-refractivity contribution >= 4 is 11.8 Å². The van der Waals surface area contributed by atoms with Crippen molar-refractivity contribution in [2.75, 3.05) is 26.2 Å². The molecule has 178 valence electrons. The molecule has 1 saturated heterocycles. The Morgan fingerprint density at radius 2 is 1.70 bits per heavy atom. The highest BCUT2D eigenvalue weighted by Crippen LogP contribution is 2.31. The van der Waals surface area contributed by atoms with Crippen LogP contribution in [0.15, 0.2) is 47.1 Å². The van der Waals surface area contributed by atoms with E-state index in [0.29, 0.717) is 25.6 Å². The van der Waals surface area contributed by atoms with Crippen LogP contribution in [-0.4, -0.2) is 53.8 Å². The second kappa shape index (κ2) is 10.1. The van der Waals surface area contributed by atoms with Gasteiger partial charge in [0.2, 0.25) is 5.91 Å². The van der Waals surface area contributed by atoms with Crippen molar-refractivity contribution in [1.29, 1.82) is 0 Å². The van der Waals surface area contributed by atoms with Gasteiger partial charge in [0.05, 0.1) is 18.8 Å². The monoisotopic (exact) mass is 451 g/mol. The molecule has 2 aliphatic rings. The van der Waals surface area contributed by atoms with Gasteiger partial charge in [0.25, 0.3) is 5.91 Å². The summed E-state index contributed by atoms with van der Waals surface area (Å²) in [7, 11) is 0. The number of nitrogens with one attached hydrogen (secondary N) is 1. The van der Waals surface area contributed by atoms with Crippen LogP contribution in [0.4, 0.5) is 0 Å². The molecule has 1 atom stereocenters. The summed E-state index contributed by atoms with van der Waals surface area (Å²) in [6.07, 6.45) is 6.20. The van der Waals surface area contributed by atoms with E-state index in [2.05, 4.69) is 43.1 Å². The maximum Gasteiger partial charge on any atom is 0.253 e. The molecule has 2 fully saturated rings. The van der Waals surface area contributed by atoms with Crippen molar-refractivity contribution in [3.05, 3.63) is 59.5 Å². The zero-order valence-corrected chi connectivity index (χ0v) is 20.2. The molecule has 1 N–H and O–H groups in total. The van der Waals surface area contributed by atoms with Gasteiger partial charge in [0, 0.05) is 31.7 Å². The van der Waals surface area contributed by atoms with E-state index >= 15 is 0 Å². The number of carbonyl (C=O) groups excluding carboxylic acids is 2. The Balaban J connectivity index is 1.37. The number of hydrogen-bond donors (Lipinski definition) is 1. The highest BCUT2D eigenvalue weighted by molar-refractivity contribution is 5.94. The number of amides is 2. The highest BCUT2D eigenvalue weighted by atomic mass is 16.3. The third kappa shape index (κ3) is 5.67. The molecule has 1 saturated carbocycles. The number of furan rings is 1. The van der Waals surface area contributed by atoms with Crippen molar-refractivity contribution in [3.63, 3.8) is 0 Å². The van der Waals surface area contributed by atoms with Gasteiger partial charge in [0.1, 0.15) is 5.76 Å². The van der Waals surface area contributed by atoms with Crippen LogP contribution < -0.4 is 5.32 Å². The van der Waals surface area contributed by atoms with Crippen molar-refractivity contribution in [1.82, 2.24) is 15.1 Å². The lowest BCUT2D eigenvalue weighted by Gasteiger charge is -2.40. The Labute approximate surface area is 197 Å². The third-order valence-corrected chi connectivity index (χ3v) is 7.12. The van der Waals surface area contributed by atoms with Crippen LogP contribution in [0.25, 0.3) is 0 Å². The average Bonchev–Trinajstić information content (AvgIpc) is 3.52. The maximum absolute atomic E-state index is 13.2. The molecule has 0 radical (unpaired) electrons. The average molecular weight is 452 g/mol. The Morgan fingerprint density at radius 3 is 2.27 bits per heavy atom. The normalized spacial score (nSPS) is 18.9. The van der Waals surface area contributed by atoms with Crippen molar-refractivity contribution in [3.8, 4) is 0 Å². The van der Waals surface area contributed by atoms with Gasteiger partial charge in [0.15, 0.2) is 0 Å². The van der Waals surface area contributed by atoms with Crippen LogP contribution in [0.1, 0.15) is 68.1 Å². The standard InChI is InChI=1S/C27H37N3O3/c1-27(2,3)22-12-10-21(11-13-22)26(32)30-16-14-29(15-17-30)24(20-7-4-5-8-20)25(31)28-19-23-9-6-18-33-23/h6,9-13,18,20,24H,4-5,7-8,14-17,19H2,1-3H3,(H,28,31)/t24-/m1/s1. The van der Waals surface area contributed by atoms with Gasteiger partial charge in [-0.3, -0.25) is 14.5 Å². The minimum atomic E-state index is -0.134. The van der Waals surface area contributed by atoms with Gasteiger partial charge >= 0.3 is 0 Å². The first-order chi connectivity index (χ1) is 15.8.